The molecule has 4 rings (SSSR count). The fraction of sp³-hybridized carbons (Fsp3) is 0.382. The summed E-state index contributed by atoms with van der Waals surface area (Å²) in [5.74, 6) is -1.43. The van der Waals surface area contributed by atoms with Gasteiger partial charge >= 0.3 is 12.0 Å². The minimum Gasteiger partial charge on any atom is -0.494 e. The number of benzene rings is 3. The molecule has 0 saturated heterocycles. The van der Waals surface area contributed by atoms with Gasteiger partial charge in [-0.25, -0.2) is 14.0 Å². The minimum atomic E-state index is -1.17. The summed E-state index contributed by atoms with van der Waals surface area (Å²) in [6, 6.07) is 12.8. The van der Waals surface area contributed by atoms with E-state index in [9.17, 15) is 18.8 Å². The summed E-state index contributed by atoms with van der Waals surface area (Å²) < 4.78 is 24.7. The number of hydrogen-bond acceptors (Lipinski definition) is 5. The molecule has 1 aliphatic rings. The van der Waals surface area contributed by atoms with E-state index in [1.807, 2.05) is 32.9 Å². The lowest BCUT2D eigenvalue weighted by atomic mass is 9.83. The first-order valence-corrected chi connectivity index (χ1v) is 14.6. The molecule has 9 heteroatoms. The first-order chi connectivity index (χ1) is 20.6. The topological polar surface area (TPSA) is 106 Å². The smallest absolute Gasteiger partial charge is 0.331 e. The van der Waals surface area contributed by atoms with Gasteiger partial charge in [-0.2, -0.15) is 0 Å². The molecular formula is C34H40FN3O5. The molecule has 0 atom stereocenters. The highest BCUT2D eigenvalue weighted by atomic mass is 19.1. The number of ether oxygens (including phenoxy) is 2. The van der Waals surface area contributed by atoms with Gasteiger partial charge in [-0.3, -0.25) is 4.79 Å². The number of carbonyl (C=O) groups is 3. The summed E-state index contributed by atoms with van der Waals surface area (Å²) in [5.41, 5.74) is 3.85. The molecule has 3 aromatic rings. The van der Waals surface area contributed by atoms with Gasteiger partial charge in [0.2, 0.25) is 0 Å². The maximum atomic E-state index is 14.6. The third-order valence-electron chi connectivity index (χ3n) is 8.05. The average molecular weight is 590 g/mol. The lowest BCUT2D eigenvalue weighted by molar-refractivity contribution is -0.149. The van der Waals surface area contributed by atoms with Gasteiger partial charge in [-0.15, -0.1) is 0 Å². The Morgan fingerprint density at radius 1 is 0.791 bits per heavy atom. The van der Waals surface area contributed by atoms with Gasteiger partial charge < -0.3 is 25.4 Å². The van der Waals surface area contributed by atoms with Gasteiger partial charge in [0.25, 0.3) is 5.91 Å². The minimum absolute atomic E-state index is 0.105. The lowest BCUT2D eigenvalue weighted by Crippen LogP contribution is -2.55. The van der Waals surface area contributed by atoms with Crippen molar-refractivity contribution < 1.29 is 28.2 Å². The lowest BCUT2D eigenvalue weighted by Gasteiger charge is -2.33. The van der Waals surface area contributed by atoms with Crippen LogP contribution in [-0.4, -0.2) is 37.7 Å². The van der Waals surface area contributed by atoms with Crippen LogP contribution < -0.4 is 20.7 Å². The Kier molecular flexibility index (Phi) is 10.1. The molecular weight excluding hydrogens is 549 g/mol. The number of aryl methyl sites for hydroxylation is 3. The number of carbonyl (C=O) groups excluding carboxylic acids is 3. The molecule has 3 N–H and O–H groups in total. The zero-order chi connectivity index (χ0) is 31.1. The number of rotatable bonds is 7. The van der Waals surface area contributed by atoms with E-state index in [1.54, 1.807) is 24.3 Å². The third kappa shape index (κ3) is 7.34. The second kappa shape index (κ2) is 13.7. The van der Waals surface area contributed by atoms with Crippen LogP contribution in [0.4, 0.5) is 20.6 Å². The number of methoxy groups -OCH3 is 2. The van der Waals surface area contributed by atoms with Gasteiger partial charge in [-0.1, -0.05) is 61.9 Å². The zero-order valence-electron chi connectivity index (χ0n) is 25.5. The molecule has 0 aliphatic heterocycles. The molecule has 0 heterocycles. The molecule has 8 nitrogen and oxygen atoms in total. The van der Waals surface area contributed by atoms with E-state index in [0.29, 0.717) is 29.7 Å². The SMILES string of the molecule is COC(=O)C1(NC(=O)c2ccc(-c3ccc(OC)c(F)c3)cc2NC(=O)Nc2c(C)cc(C)cc2C)CCCCCCC1. The van der Waals surface area contributed by atoms with E-state index >= 15 is 0 Å². The summed E-state index contributed by atoms with van der Waals surface area (Å²) in [6.07, 6.45) is 5.49. The fourth-order valence-electron chi connectivity index (χ4n) is 5.88. The van der Waals surface area contributed by atoms with Crippen LogP contribution in [0.3, 0.4) is 0 Å². The molecule has 1 aliphatic carbocycles. The van der Waals surface area contributed by atoms with Crippen molar-refractivity contribution in [1.29, 1.82) is 0 Å². The van der Waals surface area contributed by atoms with Crippen molar-refractivity contribution in [2.24, 2.45) is 0 Å². The molecule has 0 spiro atoms. The number of urea groups is 1. The first-order valence-electron chi connectivity index (χ1n) is 14.6. The largest absolute Gasteiger partial charge is 0.494 e. The van der Waals surface area contributed by atoms with Crippen LogP contribution in [0, 0.1) is 26.6 Å². The Balaban J connectivity index is 1.71. The van der Waals surface area contributed by atoms with Crippen LogP contribution in [0.25, 0.3) is 11.1 Å². The van der Waals surface area contributed by atoms with E-state index < -0.39 is 29.3 Å². The molecule has 1 fully saturated rings. The Morgan fingerprint density at radius 3 is 2.00 bits per heavy atom. The molecule has 228 valence electrons. The van der Waals surface area contributed by atoms with Crippen molar-refractivity contribution in [2.45, 2.75) is 71.3 Å². The Bertz CT molecular complexity index is 1490. The van der Waals surface area contributed by atoms with Crippen LogP contribution in [-0.2, 0) is 9.53 Å². The predicted octanol–water partition coefficient (Wildman–Crippen LogP) is 7.46. The van der Waals surface area contributed by atoms with Gasteiger partial charge in [0.1, 0.15) is 5.54 Å². The second-order valence-corrected chi connectivity index (χ2v) is 11.3. The molecule has 3 aromatic carbocycles. The van der Waals surface area contributed by atoms with Gasteiger partial charge in [0, 0.05) is 5.69 Å². The van der Waals surface area contributed by atoms with Gasteiger partial charge in [0.15, 0.2) is 11.6 Å². The summed E-state index contributed by atoms with van der Waals surface area (Å²) in [7, 11) is 2.71. The van der Waals surface area contributed by atoms with Crippen molar-refractivity contribution in [3.8, 4) is 16.9 Å². The highest BCUT2D eigenvalue weighted by Crippen LogP contribution is 2.32. The number of hydrogen-bond donors (Lipinski definition) is 3. The Hall–Kier alpha value is -4.40. The van der Waals surface area contributed by atoms with Gasteiger partial charge in [0.05, 0.1) is 25.5 Å². The molecule has 3 amide bonds. The standard InChI is InChI=1S/C34H40FN3O5/c1-21-17-22(2)30(23(3)18-21)37-33(41)36-28-20-25(24-12-14-29(42-4)27(35)19-24)11-13-26(28)31(39)38-34(32(40)43-5)15-9-7-6-8-10-16-34/h11-14,17-20H,6-10,15-16H2,1-5H3,(H,38,39)(H2,36,37,41). The van der Waals surface area contributed by atoms with Crippen molar-refractivity contribution in [2.75, 3.05) is 24.9 Å². The number of halogens is 1. The molecule has 1 saturated carbocycles. The van der Waals surface area contributed by atoms with E-state index in [2.05, 4.69) is 16.0 Å². The monoisotopic (exact) mass is 589 g/mol. The van der Waals surface area contributed by atoms with Crippen LogP contribution in [0.2, 0.25) is 0 Å². The van der Waals surface area contributed by atoms with E-state index in [4.69, 9.17) is 9.47 Å². The molecule has 0 bridgehead atoms. The zero-order valence-corrected chi connectivity index (χ0v) is 25.5. The summed E-state index contributed by atoms with van der Waals surface area (Å²) in [4.78, 5) is 40.2. The quantitative estimate of drug-likeness (QED) is 0.248. The van der Waals surface area contributed by atoms with Crippen LogP contribution >= 0.6 is 0 Å². The van der Waals surface area contributed by atoms with E-state index in [1.165, 1.54) is 26.4 Å². The molecule has 0 radical (unpaired) electrons. The van der Waals surface area contributed by atoms with Crippen molar-refractivity contribution in [1.82, 2.24) is 5.32 Å². The maximum absolute atomic E-state index is 14.6. The number of nitrogens with one attached hydrogen (secondary N) is 3. The number of anilines is 2. The average Bonchev–Trinajstić information content (AvgIpc) is 2.95. The maximum Gasteiger partial charge on any atom is 0.331 e. The Labute approximate surface area is 252 Å². The molecule has 43 heavy (non-hydrogen) atoms. The van der Waals surface area contributed by atoms with Crippen molar-refractivity contribution in [3.05, 3.63) is 76.6 Å². The Morgan fingerprint density at radius 2 is 1.40 bits per heavy atom. The van der Waals surface area contributed by atoms with Crippen LogP contribution in [0.15, 0.2) is 48.5 Å². The van der Waals surface area contributed by atoms with Crippen molar-refractivity contribution >= 4 is 29.3 Å². The summed E-state index contributed by atoms with van der Waals surface area (Å²) in [5, 5.41) is 8.71. The highest BCUT2D eigenvalue weighted by Gasteiger charge is 2.41. The fourth-order valence-corrected chi connectivity index (χ4v) is 5.88. The molecule has 0 aromatic heterocycles. The number of esters is 1. The normalized spacial score (nSPS) is 14.6. The predicted molar refractivity (Wildman–Crippen MR) is 166 cm³/mol. The first kappa shape index (κ1) is 31.5. The second-order valence-electron chi connectivity index (χ2n) is 11.3. The van der Waals surface area contributed by atoms with E-state index in [-0.39, 0.29) is 17.0 Å². The third-order valence-corrected chi connectivity index (χ3v) is 8.05. The van der Waals surface area contributed by atoms with Gasteiger partial charge in [-0.05, 0) is 80.1 Å². The highest BCUT2D eigenvalue weighted by molar-refractivity contribution is 6.08. The van der Waals surface area contributed by atoms with Crippen LogP contribution in [0.5, 0.6) is 5.75 Å². The summed E-state index contributed by atoms with van der Waals surface area (Å²) >= 11 is 0. The summed E-state index contributed by atoms with van der Waals surface area (Å²) in [6.45, 7) is 5.81. The van der Waals surface area contributed by atoms with Crippen molar-refractivity contribution in [3.63, 3.8) is 0 Å². The molecule has 0 unspecified atom stereocenters. The van der Waals surface area contributed by atoms with E-state index in [0.717, 1.165) is 48.8 Å². The number of amides is 3. The van der Waals surface area contributed by atoms with Crippen LogP contribution in [0.1, 0.15) is 72.0 Å².